The number of carbonyl (C=O) groups excluding carboxylic acids is 1. The minimum absolute atomic E-state index is 0.316. The molecule has 0 fully saturated rings. The summed E-state index contributed by atoms with van der Waals surface area (Å²) in [5, 5.41) is 0. The first-order chi connectivity index (χ1) is 5.27. The first kappa shape index (κ1) is 10.4. The lowest BCUT2D eigenvalue weighted by molar-refractivity contribution is -0.117. The molecular weight excluding hydrogens is 136 g/mol. The number of rotatable bonds is 6. The molecule has 0 saturated carbocycles. The van der Waals surface area contributed by atoms with E-state index in [2.05, 4.69) is 12.2 Å². The Morgan fingerprint density at radius 2 is 2.00 bits per heavy atom. The van der Waals surface area contributed by atoms with Crippen LogP contribution in [0.25, 0.3) is 0 Å². The first-order valence-electron chi connectivity index (χ1n) is 4.38. The Hall–Kier alpha value is -0.590. The van der Waals surface area contributed by atoms with E-state index in [4.69, 9.17) is 0 Å². The van der Waals surface area contributed by atoms with Crippen LogP contribution in [-0.4, -0.2) is 5.78 Å². The zero-order chi connectivity index (χ0) is 8.53. The molecule has 0 radical (unpaired) electrons. The molecule has 0 heterocycles. The van der Waals surface area contributed by atoms with Gasteiger partial charge in [-0.2, -0.15) is 0 Å². The highest BCUT2D eigenvalue weighted by molar-refractivity contribution is 5.75. The van der Waals surface area contributed by atoms with Gasteiger partial charge in [-0.05, 0) is 33.1 Å². The van der Waals surface area contributed by atoms with E-state index < -0.39 is 0 Å². The summed E-state index contributed by atoms with van der Waals surface area (Å²) in [6.45, 7) is 3.70. The number of carbonyl (C=O) groups is 1. The average molecular weight is 154 g/mol. The Morgan fingerprint density at radius 3 is 2.55 bits per heavy atom. The second-order valence-electron chi connectivity index (χ2n) is 2.87. The average Bonchev–Trinajstić information content (AvgIpc) is 1.96. The van der Waals surface area contributed by atoms with Gasteiger partial charge in [0.25, 0.3) is 0 Å². The van der Waals surface area contributed by atoms with E-state index in [0.717, 1.165) is 19.3 Å². The van der Waals surface area contributed by atoms with Crippen LogP contribution in [0.5, 0.6) is 0 Å². The molecule has 11 heavy (non-hydrogen) atoms. The van der Waals surface area contributed by atoms with Gasteiger partial charge in [-0.25, -0.2) is 0 Å². The van der Waals surface area contributed by atoms with E-state index in [-0.39, 0.29) is 0 Å². The van der Waals surface area contributed by atoms with Crippen LogP contribution < -0.4 is 0 Å². The number of unbranched alkanes of at least 4 members (excludes halogenated alkanes) is 3. The van der Waals surface area contributed by atoms with Crippen LogP contribution in [0.4, 0.5) is 0 Å². The van der Waals surface area contributed by atoms with Crippen LogP contribution >= 0.6 is 0 Å². The van der Waals surface area contributed by atoms with E-state index in [1.807, 2.05) is 6.92 Å². The third kappa shape index (κ3) is 9.41. The molecule has 0 rings (SSSR count). The maximum atomic E-state index is 10.5. The van der Waals surface area contributed by atoms with Crippen molar-refractivity contribution in [2.75, 3.05) is 0 Å². The summed E-state index contributed by atoms with van der Waals surface area (Å²) in [6, 6.07) is 0. The zero-order valence-electron chi connectivity index (χ0n) is 7.60. The number of allylic oxidation sites excluding steroid dienone is 2. The van der Waals surface area contributed by atoms with Crippen molar-refractivity contribution in [1.29, 1.82) is 0 Å². The summed E-state index contributed by atoms with van der Waals surface area (Å²) in [5.74, 6) is 0.316. The van der Waals surface area contributed by atoms with Gasteiger partial charge < -0.3 is 4.79 Å². The fourth-order valence-electron chi connectivity index (χ4n) is 0.980. The molecular formula is C10H18O. The standard InChI is InChI=1S/C10H18O/c1-3-4-5-6-7-8-9-10(2)11/h3-4H,5-9H2,1-2H3. The summed E-state index contributed by atoms with van der Waals surface area (Å²) in [6.07, 6.45) is 9.64. The predicted molar refractivity (Wildman–Crippen MR) is 48.6 cm³/mol. The molecule has 0 unspecified atom stereocenters. The second-order valence-corrected chi connectivity index (χ2v) is 2.87. The van der Waals surface area contributed by atoms with Crippen molar-refractivity contribution in [3.05, 3.63) is 12.2 Å². The Balaban J connectivity index is 2.96. The number of hydrogen-bond donors (Lipinski definition) is 0. The lowest BCUT2D eigenvalue weighted by atomic mass is 10.1. The second kappa shape index (κ2) is 7.52. The Bertz CT molecular complexity index is 125. The number of Topliss-reactive ketones (excluding diaryl/α,β-unsaturated/α-hetero) is 1. The third-order valence-corrected chi connectivity index (χ3v) is 1.64. The largest absolute Gasteiger partial charge is 0.300 e. The molecule has 0 spiro atoms. The lowest BCUT2D eigenvalue weighted by Gasteiger charge is -1.94. The Morgan fingerprint density at radius 1 is 1.27 bits per heavy atom. The van der Waals surface area contributed by atoms with E-state index in [0.29, 0.717) is 5.78 Å². The highest BCUT2D eigenvalue weighted by atomic mass is 16.1. The van der Waals surface area contributed by atoms with Gasteiger partial charge >= 0.3 is 0 Å². The minimum atomic E-state index is 0.316. The molecule has 0 aromatic carbocycles. The van der Waals surface area contributed by atoms with E-state index in [1.54, 1.807) is 6.92 Å². The molecule has 0 N–H and O–H groups in total. The number of ketones is 1. The topological polar surface area (TPSA) is 17.1 Å². The monoisotopic (exact) mass is 154 g/mol. The summed E-state index contributed by atoms with van der Waals surface area (Å²) >= 11 is 0. The predicted octanol–water partition coefficient (Wildman–Crippen LogP) is 3.10. The Labute approximate surface area is 69.5 Å². The van der Waals surface area contributed by atoms with Gasteiger partial charge in [0.2, 0.25) is 0 Å². The molecule has 0 aliphatic carbocycles. The smallest absolute Gasteiger partial charge is 0.129 e. The van der Waals surface area contributed by atoms with E-state index in [9.17, 15) is 4.79 Å². The molecule has 0 aliphatic heterocycles. The number of hydrogen-bond acceptors (Lipinski definition) is 1. The minimum Gasteiger partial charge on any atom is -0.300 e. The molecule has 1 nitrogen and oxygen atoms in total. The highest BCUT2D eigenvalue weighted by Crippen LogP contribution is 2.03. The molecule has 0 atom stereocenters. The summed E-state index contributed by atoms with van der Waals surface area (Å²) in [4.78, 5) is 10.5. The molecule has 0 aliphatic rings. The van der Waals surface area contributed by atoms with Crippen LogP contribution in [0.3, 0.4) is 0 Å². The van der Waals surface area contributed by atoms with Crippen LogP contribution in [-0.2, 0) is 4.79 Å². The third-order valence-electron chi connectivity index (χ3n) is 1.64. The van der Waals surface area contributed by atoms with Crippen LogP contribution in [0.1, 0.15) is 46.0 Å². The highest BCUT2D eigenvalue weighted by Gasteiger charge is 1.91. The molecule has 0 aromatic heterocycles. The molecule has 0 amide bonds. The van der Waals surface area contributed by atoms with Gasteiger partial charge in [0.1, 0.15) is 5.78 Å². The van der Waals surface area contributed by atoms with Gasteiger partial charge in [0.05, 0.1) is 0 Å². The van der Waals surface area contributed by atoms with Crippen LogP contribution in [0.2, 0.25) is 0 Å². The van der Waals surface area contributed by atoms with Gasteiger partial charge in [0, 0.05) is 6.42 Å². The van der Waals surface area contributed by atoms with Crippen LogP contribution in [0, 0.1) is 0 Å². The van der Waals surface area contributed by atoms with Crippen molar-refractivity contribution in [2.45, 2.75) is 46.0 Å². The lowest BCUT2D eigenvalue weighted by Crippen LogP contribution is -1.88. The molecule has 1 heteroatoms. The summed E-state index contributed by atoms with van der Waals surface area (Å²) in [7, 11) is 0. The molecule has 0 bridgehead atoms. The summed E-state index contributed by atoms with van der Waals surface area (Å²) in [5.41, 5.74) is 0. The van der Waals surface area contributed by atoms with E-state index in [1.165, 1.54) is 12.8 Å². The van der Waals surface area contributed by atoms with Crippen molar-refractivity contribution < 1.29 is 4.79 Å². The molecule has 0 aromatic rings. The first-order valence-corrected chi connectivity index (χ1v) is 4.38. The van der Waals surface area contributed by atoms with Gasteiger partial charge in [0.15, 0.2) is 0 Å². The van der Waals surface area contributed by atoms with Crippen molar-refractivity contribution in [3.8, 4) is 0 Å². The Kier molecular flexibility index (Phi) is 7.11. The van der Waals surface area contributed by atoms with Crippen molar-refractivity contribution >= 4 is 5.78 Å². The SMILES string of the molecule is CC=CCCCCCC(C)=O. The fraction of sp³-hybridized carbons (Fsp3) is 0.700. The van der Waals surface area contributed by atoms with Gasteiger partial charge in [-0.3, -0.25) is 0 Å². The van der Waals surface area contributed by atoms with Gasteiger partial charge in [-0.1, -0.05) is 18.6 Å². The maximum Gasteiger partial charge on any atom is 0.129 e. The fourth-order valence-corrected chi connectivity index (χ4v) is 0.980. The molecule has 0 saturated heterocycles. The van der Waals surface area contributed by atoms with Crippen molar-refractivity contribution in [2.24, 2.45) is 0 Å². The van der Waals surface area contributed by atoms with Crippen molar-refractivity contribution in [1.82, 2.24) is 0 Å². The van der Waals surface area contributed by atoms with Gasteiger partial charge in [-0.15, -0.1) is 0 Å². The van der Waals surface area contributed by atoms with E-state index >= 15 is 0 Å². The van der Waals surface area contributed by atoms with Crippen molar-refractivity contribution in [3.63, 3.8) is 0 Å². The maximum absolute atomic E-state index is 10.5. The summed E-state index contributed by atoms with van der Waals surface area (Å²) < 4.78 is 0. The van der Waals surface area contributed by atoms with Crippen LogP contribution in [0.15, 0.2) is 12.2 Å². The normalized spacial score (nSPS) is 10.7. The quantitative estimate of drug-likeness (QED) is 0.424. The molecule has 64 valence electrons. The zero-order valence-corrected chi connectivity index (χ0v) is 7.60.